The van der Waals surface area contributed by atoms with E-state index in [1.165, 1.54) is 0 Å². The van der Waals surface area contributed by atoms with Crippen LogP contribution < -0.4 is 0 Å². The minimum absolute atomic E-state index is 0.322. The van der Waals surface area contributed by atoms with Crippen molar-refractivity contribution in [3.05, 3.63) is 0 Å². The van der Waals surface area contributed by atoms with Crippen LogP contribution in [0.1, 0.15) is 19.8 Å². The van der Waals surface area contributed by atoms with E-state index < -0.39 is 18.3 Å². The summed E-state index contributed by atoms with van der Waals surface area (Å²) in [6, 6.07) is 0. The average Bonchev–Trinajstić information content (AvgIpc) is 2.53. The van der Waals surface area contributed by atoms with E-state index in [4.69, 9.17) is 4.74 Å². The van der Waals surface area contributed by atoms with Crippen LogP contribution in [0.15, 0.2) is 0 Å². The Morgan fingerprint density at radius 2 is 1.94 bits per heavy atom. The number of aliphatic hydroxyl groups is 3. The van der Waals surface area contributed by atoms with Crippen molar-refractivity contribution in [2.45, 2.75) is 38.1 Å². The Labute approximate surface area is 96.6 Å². The van der Waals surface area contributed by atoms with Crippen molar-refractivity contribution in [3.8, 4) is 0 Å². The lowest BCUT2D eigenvalue weighted by molar-refractivity contribution is 0.0175. The third kappa shape index (κ3) is 4.76. The predicted octanol–water partition coefficient (Wildman–Crippen LogP) is -0.799. The summed E-state index contributed by atoms with van der Waals surface area (Å²) in [5.74, 6) is 0. The molecule has 5 heteroatoms. The molecule has 1 heterocycles. The highest BCUT2D eigenvalue weighted by atomic mass is 16.5. The number of β-amino-alcohol motifs (C(OH)–C–C–N with tert-alkyl or cyclic N) is 3. The Hall–Kier alpha value is -0.200. The highest BCUT2D eigenvalue weighted by molar-refractivity contribution is 4.84. The van der Waals surface area contributed by atoms with E-state index in [1.54, 1.807) is 0 Å². The molecule has 1 aliphatic rings. The highest BCUT2D eigenvalue weighted by Crippen LogP contribution is 2.10. The van der Waals surface area contributed by atoms with Crippen LogP contribution in [0.2, 0.25) is 0 Å². The third-order valence-corrected chi connectivity index (χ3v) is 2.76. The van der Waals surface area contributed by atoms with Gasteiger partial charge < -0.3 is 20.1 Å². The number of hydrogen-bond donors (Lipinski definition) is 3. The van der Waals surface area contributed by atoms with Crippen LogP contribution in [0, 0.1) is 0 Å². The van der Waals surface area contributed by atoms with Crippen LogP contribution in [-0.4, -0.2) is 71.4 Å². The molecule has 0 aromatic carbocycles. The van der Waals surface area contributed by atoms with E-state index in [0.29, 0.717) is 32.8 Å². The van der Waals surface area contributed by atoms with Crippen LogP contribution in [0.4, 0.5) is 0 Å². The number of aliphatic hydroxyl groups excluding tert-OH is 3. The lowest BCUT2D eigenvalue weighted by atomic mass is 10.3. The average molecular weight is 233 g/mol. The molecule has 1 fully saturated rings. The molecule has 0 saturated carbocycles. The van der Waals surface area contributed by atoms with Crippen LogP contribution in [0.3, 0.4) is 0 Å². The second-order valence-corrected chi connectivity index (χ2v) is 4.44. The molecule has 3 unspecified atom stereocenters. The van der Waals surface area contributed by atoms with Gasteiger partial charge in [0.05, 0.1) is 24.9 Å². The molecule has 1 aliphatic heterocycles. The second kappa shape index (κ2) is 7.19. The highest BCUT2D eigenvalue weighted by Gasteiger charge is 2.30. The van der Waals surface area contributed by atoms with E-state index >= 15 is 0 Å². The number of unbranched alkanes of at least 4 members (excludes halogenated alkanes) is 1. The fraction of sp³-hybridized carbons (Fsp3) is 1.00. The van der Waals surface area contributed by atoms with Gasteiger partial charge in [0.2, 0.25) is 0 Å². The lowest BCUT2D eigenvalue weighted by Crippen LogP contribution is -2.34. The molecule has 0 aliphatic carbocycles. The van der Waals surface area contributed by atoms with Crippen molar-refractivity contribution in [2.24, 2.45) is 0 Å². The van der Waals surface area contributed by atoms with Crippen molar-refractivity contribution >= 4 is 0 Å². The summed E-state index contributed by atoms with van der Waals surface area (Å²) in [5.41, 5.74) is 0. The summed E-state index contributed by atoms with van der Waals surface area (Å²) in [7, 11) is 0. The number of ether oxygens (including phenoxy) is 1. The van der Waals surface area contributed by atoms with Crippen molar-refractivity contribution in [2.75, 3.05) is 32.8 Å². The van der Waals surface area contributed by atoms with Crippen molar-refractivity contribution in [1.29, 1.82) is 0 Å². The normalized spacial score (nSPS) is 28.5. The van der Waals surface area contributed by atoms with Gasteiger partial charge in [0.25, 0.3) is 0 Å². The molecular formula is C11H23NO4. The maximum Gasteiger partial charge on any atom is 0.0938 e. The standard InChI is InChI=1S/C11H23NO4/c1-2-3-4-16-8-9(13)5-12-6-10(14)11(15)7-12/h9-11,13-15H,2-8H2,1H3. The maximum absolute atomic E-state index is 9.65. The van der Waals surface area contributed by atoms with Gasteiger partial charge in [0, 0.05) is 26.2 Å². The zero-order valence-electron chi connectivity index (χ0n) is 9.88. The third-order valence-electron chi connectivity index (χ3n) is 2.76. The first kappa shape index (κ1) is 13.9. The van der Waals surface area contributed by atoms with Gasteiger partial charge in [-0.3, -0.25) is 4.90 Å². The molecule has 5 nitrogen and oxygen atoms in total. The molecule has 3 N–H and O–H groups in total. The molecule has 0 aromatic rings. The summed E-state index contributed by atoms with van der Waals surface area (Å²) in [6.45, 7) is 4.38. The van der Waals surface area contributed by atoms with Crippen molar-refractivity contribution < 1.29 is 20.1 Å². The molecule has 0 spiro atoms. The van der Waals surface area contributed by atoms with Crippen molar-refractivity contribution in [1.82, 2.24) is 4.90 Å². The molecule has 0 radical (unpaired) electrons. The van der Waals surface area contributed by atoms with Gasteiger partial charge in [0.1, 0.15) is 0 Å². The molecule has 1 rings (SSSR count). The SMILES string of the molecule is CCCCOCC(O)CN1CC(O)C(O)C1. The van der Waals surface area contributed by atoms with Gasteiger partial charge in [-0.25, -0.2) is 0 Å². The Morgan fingerprint density at radius 3 is 2.50 bits per heavy atom. The van der Waals surface area contributed by atoms with Crippen LogP contribution >= 0.6 is 0 Å². The van der Waals surface area contributed by atoms with Gasteiger partial charge in [-0.15, -0.1) is 0 Å². The van der Waals surface area contributed by atoms with E-state index in [2.05, 4.69) is 6.92 Å². The molecule has 0 amide bonds. The van der Waals surface area contributed by atoms with Gasteiger partial charge in [-0.05, 0) is 6.42 Å². The van der Waals surface area contributed by atoms with Gasteiger partial charge in [-0.2, -0.15) is 0 Å². The first-order valence-corrected chi connectivity index (χ1v) is 5.97. The Morgan fingerprint density at radius 1 is 1.31 bits per heavy atom. The number of hydrogen-bond acceptors (Lipinski definition) is 5. The Balaban J connectivity index is 2.08. The van der Waals surface area contributed by atoms with Crippen molar-refractivity contribution in [3.63, 3.8) is 0 Å². The lowest BCUT2D eigenvalue weighted by Gasteiger charge is -2.19. The molecule has 0 aromatic heterocycles. The van der Waals surface area contributed by atoms with E-state index in [1.807, 2.05) is 4.90 Å². The first-order chi connectivity index (χ1) is 7.63. The summed E-state index contributed by atoms with van der Waals surface area (Å²) < 4.78 is 5.30. The molecule has 1 saturated heterocycles. The Bertz CT molecular complexity index is 181. The largest absolute Gasteiger partial charge is 0.389 e. The van der Waals surface area contributed by atoms with Gasteiger partial charge in [0.15, 0.2) is 0 Å². The van der Waals surface area contributed by atoms with Crippen LogP contribution in [-0.2, 0) is 4.74 Å². The second-order valence-electron chi connectivity index (χ2n) is 4.44. The van der Waals surface area contributed by atoms with E-state index in [-0.39, 0.29) is 0 Å². The van der Waals surface area contributed by atoms with Gasteiger partial charge >= 0.3 is 0 Å². The molecular weight excluding hydrogens is 210 g/mol. The smallest absolute Gasteiger partial charge is 0.0938 e. The molecule has 3 atom stereocenters. The van der Waals surface area contributed by atoms with E-state index in [0.717, 1.165) is 12.8 Å². The molecule has 16 heavy (non-hydrogen) atoms. The zero-order chi connectivity index (χ0) is 12.0. The fourth-order valence-electron chi connectivity index (χ4n) is 1.81. The summed E-state index contributed by atoms with van der Waals surface area (Å²) in [6.07, 6.45) is 0.171. The minimum Gasteiger partial charge on any atom is -0.389 e. The fourth-order valence-corrected chi connectivity index (χ4v) is 1.81. The van der Waals surface area contributed by atoms with E-state index in [9.17, 15) is 15.3 Å². The molecule has 96 valence electrons. The summed E-state index contributed by atoms with van der Waals surface area (Å²) >= 11 is 0. The summed E-state index contributed by atoms with van der Waals surface area (Å²) in [5, 5.41) is 28.3. The minimum atomic E-state index is -0.687. The first-order valence-electron chi connectivity index (χ1n) is 5.97. The van der Waals surface area contributed by atoms with Crippen LogP contribution in [0.25, 0.3) is 0 Å². The monoisotopic (exact) mass is 233 g/mol. The zero-order valence-corrected chi connectivity index (χ0v) is 9.88. The van der Waals surface area contributed by atoms with Crippen LogP contribution in [0.5, 0.6) is 0 Å². The Kier molecular flexibility index (Phi) is 6.23. The quantitative estimate of drug-likeness (QED) is 0.502. The summed E-state index contributed by atoms with van der Waals surface area (Å²) in [4.78, 5) is 1.85. The van der Waals surface area contributed by atoms with Gasteiger partial charge in [-0.1, -0.05) is 13.3 Å². The number of rotatable bonds is 7. The topological polar surface area (TPSA) is 73.2 Å². The number of likely N-dealkylation sites (tertiary alicyclic amines) is 1. The molecule has 0 bridgehead atoms. The predicted molar refractivity (Wildman–Crippen MR) is 60.2 cm³/mol. The maximum atomic E-state index is 9.65. The number of nitrogens with zero attached hydrogens (tertiary/aromatic N) is 1.